The van der Waals surface area contributed by atoms with E-state index in [2.05, 4.69) is 18.7 Å². The quantitative estimate of drug-likeness (QED) is 0.674. The van der Waals surface area contributed by atoms with E-state index in [1.807, 2.05) is 4.90 Å². The van der Waals surface area contributed by atoms with Crippen LogP contribution in [0.25, 0.3) is 0 Å². The van der Waals surface area contributed by atoms with Crippen molar-refractivity contribution in [3.63, 3.8) is 0 Å². The average molecular weight is 372 g/mol. The molecule has 1 fully saturated rings. The number of rotatable bonds is 9. The normalized spacial score (nSPS) is 20.6. The Balaban J connectivity index is 0. The van der Waals surface area contributed by atoms with Gasteiger partial charge in [0.1, 0.15) is 0 Å². The van der Waals surface area contributed by atoms with Gasteiger partial charge in [0, 0.05) is 38.7 Å². The molecule has 5 nitrogen and oxygen atoms in total. The molecule has 23 heavy (non-hydrogen) atoms. The SMILES string of the molecule is CCN(CC)CCN(CCOC)C(=O)C1CCCC(N)C1.Cl.Cl. The number of nitrogens with zero attached hydrogens (tertiary/aromatic N) is 2. The van der Waals surface area contributed by atoms with E-state index in [1.54, 1.807) is 7.11 Å². The van der Waals surface area contributed by atoms with Crippen LogP contribution in [0.15, 0.2) is 0 Å². The average Bonchev–Trinajstić information content (AvgIpc) is 2.50. The monoisotopic (exact) mass is 371 g/mol. The second-order valence-electron chi connectivity index (χ2n) is 5.97. The van der Waals surface area contributed by atoms with Gasteiger partial charge in [0.05, 0.1) is 6.61 Å². The zero-order chi connectivity index (χ0) is 15.7. The lowest BCUT2D eigenvalue weighted by Crippen LogP contribution is -2.45. The van der Waals surface area contributed by atoms with Gasteiger partial charge in [-0.25, -0.2) is 0 Å². The molecule has 0 bridgehead atoms. The summed E-state index contributed by atoms with van der Waals surface area (Å²) in [6.45, 7) is 9.37. The number of hydrogen-bond donors (Lipinski definition) is 1. The summed E-state index contributed by atoms with van der Waals surface area (Å²) < 4.78 is 5.16. The predicted molar refractivity (Wildman–Crippen MR) is 101 cm³/mol. The van der Waals surface area contributed by atoms with Gasteiger partial charge in [-0.05, 0) is 32.4 Å². The molecule has 0 aromatic rings. The molecule has 2 unspecified atom stereocenters. The van der Waals surface area contributed by atoms with E-state index in [9.17, 15) is 4.79 Å². The van der Waals surface area contributed by atoms with Gasteiger partial charge >= 0.3 is 0 Å². The largest absolute Gasteiger partial charge is 0.383 e. The highest BCUT2D eigenvalue weighted by atomic mass is 35.5. The second kappa shape index (κ2) is 14.3. The minimum Gasteiger partial charge on any atom is -0.383 e. The van der Waals surface area contributed by atoms with Crippen molar-refractivity contribution in [2.45, 2.75) is 45.6 Å². The van der Waals surface area contributed by atoms with Gasteiger partial charge in [0.2, 0.25) is 5.91 Å². The molecule has 0 radical (unpaired) electrons. The molecule has 0 saturated heterocycles. The summed E-state index contributed by atoms with van der Waals surface area (Å²) in [5.41, 5.74) is 6.02. The van der Waals surface area contributed by atoms with Gasteiger partial charge < -0.3 is 20.3 Å². The van der Waals surface area contributed by atoms with E-state index >= 15 is 0 Å². The van der Waals surface area contributed by atoms with E-state index < -0.39 is 0 Å². The number of carbonyl (C=O) groups excluding carboxylic acids is 1. The number of methoxy groups -OCH3 is 1. The number of hydrogen-bond acceptors (Lipinski definition) is 4. The smallest absolute Gasteiger partial charge is 0.225 e. The Labute approximate surface area is 154 Å². The van der Waals surface area contributed by atoms with E-state index in [4.69, 9.17) is 10.5 Å². The zero-order valence-electron chi connectivity index (χ0n) is 14.8. The molecule has 1 rings (SSSR count). The summed E-state index contributed by atoms with van der Waals surface area (Å²) in [6.07, 6.45) is 3.96. The zero-order valence-corrected chi connectivity index (χ0v) is 16.5. The van der Waals surface area contributed by atoms with Crippen LogP contribution in [-0.4, -0.2) is 68.2 Å². The van der Waals surface area contributed by atoms with E-state index in [1.165, 1.54) is 0 Å². The maximum Gasteiger partial charge on any atom is 0.225 e. The van der Waals surface area contributed by atoms with Gasteiger partial charge in [-0.2, -0.15) is 0 Å². The number of likely N-dealkylation sites (N-methyl/N-ethyl adjacent to an activating group) is 1. The Morgan fingerprint density at radius 2 is 1.78 bits per heavy atom. The Morgan fingerprint density at radius 3 is 2.30 bits per heavy atom. The Hall–Kier alpha value is -0.0700. The first-order valence-corrected chi connectivity index (χ1v) is 8.38. The van der Waals surface area contributed by atoms with Crippen LogP contribution in [0.4, 0.5) is 0 Å². The van der Waals surface area contributed by atoms with Crippen molar-refractivity contribution < 1.29 is 9.53 Å². The van der Waals surface area contributed by atoms with Gasteiger partial charge in [0.15, 0.2) is 0 Å². The van der Waals surface area contributed by atoms with Crippen molar-refractivity contribution >= 4 is 30.7 Å². The van der Waals surface area contributed by atoms with E-state index in [-0.39, 0.29) is 42.7 Å². The number of nitrogens with two attached hydrogens (primary N) is 1. The summed E-state index contributed by atoms with van der Waals surface area (Å²) in [5, 5.41) is 0. The van der Waals surface area contributed by atoms with Gasteiger partial charge in [-0.1, -0.05) is 20.3 Å². The topological polar surface area (TPSA) is 58.8 Å². The fourth-order valence-corrected chi connectivity index (χ4v) is 3.05. The minimum absolute atomic E-state index is 0. The molecule has 7 heteroatoms. The van der Waals surface area contributed by atoms with Crippen molar-refractivity contribution in [1.82, 2.24) is 9.80 Å². The van der Waals surface area contributed by atoms with Crippen LogP contribution >= 0.6 is 24.8 Å². The number of ether oxygens (including phenoxy) is 1. The predicted octanol–water partition coefficient (Wildman–Crippen LogP) is 2.16. The van der Waals surface area contributed by atoms with Crippen LogP contribution in [0.1, 0.15) is 39.5 Å². The highest BCUT2D eigenvalue weighted by molar-refractivity contribution is 5.85. The van der Waals surface area contributed by atoms with Gasteiger partial charge in [0.25, 0.3) is 0 Å². The summed E-state index contributed by atoms with van der Waals surface area (Å²) in [5.74, 6) is 0.386. The third-order valence-electron chi connectivity index (χ3n) is 4.52. The molecule has 2 N–H and O–H groups in total. The number of carbonyl (C=O) groups is 1. The standard InChI is InChI=1S/C16H33N3O2.2ClH/c1-4-18(5-2)9-10-19(11-12-21-3)16(20)14-7-6-8-15(17)13-14;;/h14-15H,4-13,17H2,1-3H3;2*1H. The maximum absolute atomic E-state index is 12.7. The van der Waals surface area contributed by atoms with Crippen molar-refractivity contribution in [3.05, 3.63) is 0 Å². The summed E-state index contributed by atoms with van der Waals surface area (Å²) in [4.78, 5) is 17.1. The fourth-order valence-electron chi connectivity index (χ4n) is 3.05. The molecular weight excluding hydrogens is 337 g/mol. The molecule has 2 atom stereocenters. The molecule has 1 amide bonds. The van der Waals surface area contributed by atoms with Crippen molar-refractivity contribution in [3.8, 4) is 0 Å². The molecule has 0 aliphatic heterocycles. The molecule has 1 saturated carbocycles. The Kier molecular flexibility index (Phi) is 15.6. The third-order valence-corrected chi connectivity index (χ3v) is 4.52. The first-order chi connectivity index (χ1) is 10.1. The van der Waals surface area contributed by atoms with Gasteiger partial charge in [-0.15, -0.1) is 24.8 Å². The first kappa shape index (κ1) is 25.2. The molecule has 0 aromatic carbocycles. The van der Waals surface area contributed by atoms with Crippen LogP contribution in [0.2, 0.25) is 0 Å². The second-order valence-corrected chi connectivity index (χ2v) is 5.97. The first-order valence-electron chi connectivity index (χ1n) is 8.38. The molecule has 0 spiro atoms. The van der Waals surface area contributed by atoms with Gasteiger partial charge in [-0.3, -0.25) is 4.79 Å². The van der Waals surface area contributed by atoms with Crippen molar-refractivity contribution in [1.29, 1.82) is 0 Å². The van der Waals surface area contributed by atoms with Crippen LogP contribution < -0.4 is 5.73 Å². The summed E-state index contributed by atoms with van der Waals surface area (Å²) >= 11 is 0. The Bertz CT molecular complexity index is 305. The highest BCUT2D eigenvalue weighted by Crippen LogP contribution is 2.24. The lowest BCUT2D eigenvalue weighted by atomic mass is 9.85. The van der Waals surface area contributed by atoms with E-state index in [0.717, 1.165) is 51.9 Å². The lowest BCUT2D eigenvalue weighted by Gasteiger charge is -2.32. The molecule has 1 aliphatic rings. The maximum atomic E-state index is 12.7. The van der Waals surface area contributed by atoms with Crippen molar-refractivity contribution in [2.24, 2.45) is 11.7 Å². The summed E-state index contributed by atoms with van der Waals surface area (Å²) in [6, 6.07) is 0.194. The number of amides is 1. The molecule has 0 aromatic heterocycles. The fraction of sp³-hybridized carbons (Fsp3) is 0.938. The van der Waals surface area contributed by atoms with Crippen LogP contribution in [0.3, 0.4) is 0 Å². The van der Waals surface area contributed by atoms with E-state index in [0.29, 0.717) is 13.2 Å². The van der Waals surface area contributed by atoms with Crippen LogP contribution in [0, 0.1) is 5.92 Å². The Morgan fingerprint density at radius 1 is 1.13 bits per heavy atom. The minimum atomic E-state index is 0. The molecular formula is C16H35Cl2N3O2. The molecule has 0 heterocycles. The lowest BCUT2D eigenvalue weighted by molar-refractivity contribution is -0.137. The van der Waals surface area contributed by atoms with Crippen LogP contribution in [-0.2, 0) is 9.53 Å². The summed E-state index contributed by atoms with van der Waals surface area (Å²) in [7, 11) is 1.68. The van der Waals surface area contributed by atoms with Crippen LogP contribution in [0.5, 0.6) is 0 Å². The highest BCUT2D eigenvalue weighted by Gasteiger charge is 2.28. The number of halogens is 2. The molecule has 140 valence electrons. The van der Waals surface area contributed by atoms with Crippen molar-refractivity contribution in [2.75, 3.05) is 46.4 Å². The third kappa shape index (κ3) is 9.11. The molecule has 1 aliphatic carbocycles.